The van der Waals surface area contributed by atoms with E-state index < -0.39 is 24.7 Å². The second-order valence-corrected chi connectivity index (χ2v) is 3.12. The van der Waals surface area contributed by atoms with Gasteiger partial charge < -0.3 is 10.4 Å². The molecule has 0 aliphatic rings. The van der Waals surface area contributed by atoms with Gasteiger partial charge in [-0.25, -0.2) is 0 Å². The average Bonchev–Trinajstić information content (AvgIpc) is 2.09. The van der Waals surface area contributed by atoms with Crippen LogP contribution in [0.2, 0.25) is 0 Å². The van der Waals surface area contributed by atoms with E-state index in [0.717, 1.165) is 4.90 Å². The van der Waals surface area contributed by atoms with Crippen LogP contribution in [0, 0.1) is 0 Å². The molecule has 0 amide bonds. The van der Waals surface area contributed by atoms with Crippen molar-refractivity contribution < 1.29 is 23.1 Å². The predicted molar refractivity (Wildman–Crippen MR) is 48.7 cm³/mol. The summed E-state index contributed by atoms with van der Waals surface area (Å²) in [5, 5.41) is 11.1. The summed E-state index contributed by atoms with van der Waals surface area (Å²) < 4.78 is 36.1. The quantitative estimate of drug-likeness (QED) is 0.696. The van der Waals surface area contributed by atoms with E-state index in [2.05, 4.69) is 5.32 Å². The molecule has 0 rings (SSSR count). The van der Waals surface area contributed by atoms with Crippen molar-refractivity contribution in [1.82, 2.24) is 10.2 Å². The summed E-state index contributed by atoms with van der Waals surface area (Å²) in [5.41, 5.74) is 0. The lowest BCUT2D eigenvalue weighted by Gasteiger charge is -2.24. The van der Waals surface area contributed by atoms with E-state index in [1.165, 1.54) is 7.05 Å². The molecule has 0 spiro atoms. The Hall–Kier alpha value is -0.820. The van der Waals surface area contributed by atoms with Crippen LogP contribution in [-0.2, 0) is 4.79 Å². The Morgan fingerprint density at radius 2 is 2.07 bits per heavy atom. The number of carboxylic acid groups (broad SMARTS) is 1. The van der Waals surface area contributed by atoms with Crippen LogP contribution in [0.1, 0.15) is 6.92 Å². The number of likely N-dealkylation sites (N-methyl/N-ethyl adjacent to an activating group) is 2. The Bertz CT molecular complexity index is 209. The molecule has 15 heavy (non-hydrogen) atoms. The smallest absolute Gasteiger partial charge is 0.401 e. The van der Waals surface area contributed by atoms with Crippen molar-refractivity contribution in [3.8, 4) is 0 Å². The van der Waals surface area contributed by atoms with Gasteiger partial charge in [0, 0.05) is 6.54 Å². The fourth-order valence-corrected chi connectivity index (χ4v) is 1.11. The second-order valence-electron chi connectivity index (χ2n) is 3.12. The third kappa shape index (κ3) is 6.29. The van der Waals surface area contributed by atoms with Crippen LogP contribution in [0.25, 0.3) is 0 Å². The summed E-state index contributed by atoms with van der Waals surface area (Å²) in [6, 6.07) is -0.979. The molecular weight excluding hydrogens is 213 g/mol. The van der Waals surface area contributed by atoms with Gasteiger partial charge in [0.05, 0.1) is 6.54 Å². The summed E-state index contributed by atoms with van der Waals surface area (Å²) in [6.07, 6.45) is -4.30. The molecule has 0 aliphatic carbocycles. The van der Waals surface area contributed by atoms with Gasteiger partial charge in [0.1, 0.15) is 6.04 Å². The number of halogens is 3. The highest BCUT2D eigenvalue weighted by molar-refractivity contribution is 5.73. The second kappa shape index (κ2) is 5.92. The standard InChI is InChI=1S/C8H15F3N2O2/c1-3-13(5-8(9,10)11)4-6(12-2)7(14)15/h6,12H,3-5H2,1-2H3,(H,14,15). The maximum absolute atomic E-state index is 12.0. The topological polar surface area (TPSA) is 52.6 Å². The third-order valence-corrected chi connectivity index (χ3v) is 1.94. The van der Waals surface area contributed by atoms with Crippen LogP contribution in [0.4, 0.5) is 13.2 Å². The Morgan fingerprint density at radius 1 is 1.53 bits per heavy atom. The van der Waals surface area contributed by atoms with Crippen LogP contribution in [-0.4, -0.2) is 54.9 Å². The van der Waals surface area contributed by atoms with Crippen molar-refractivity contribution in [2.45, 2.75) is 19.1 Å². The molecule has 0 aromatic heterocycles. The molecule has 2 N–H and O–H groups in total. The molecule has 1 unspecified atom stereocenters. The molecule has 0 fully saturated rings. The van der Waals surface area contributed by atoms with Crippen LogP contribution >= 0.6 is 0 Å². The van der Waals surface area contributed by atoms with Crippen molar-refractivity contribution in [3.63, 3.8) is 0 Å². The van der Waals surface area contributed by atoms with Gasteiger partial charge in [-0.3, -0.25) is 9.69 Å². The predicted octanol–water partition coefficient (Wildman–Crippen LogP) is 0.543. The van der Waals surface area contributed by atoms with Crippen molar-refractivity contribution in [1.29, 1.82) is 0 Å². The Labute approximate surface area is 86.1 Å². The van der Waals surface area contributed by atoms with Crippen molar-refractivity contribution >= 4 is 5.97 Å². The number of hydrogen-bond donors (Lipinski definition) is 2. The van der Waals surface area contributed by atoms with E-state index in [9.17, 15) is 18.0 Å². The molecule has 7 heteroatoms. The van der Waals surface area contributed by atoms with Crippen LogP contribution in [0.3, 0.4) is 0 Å². The van der Waals surface area contributed by atoms with Crippen molar-refractivity contribution in [2.24, 2.45) is 0 Å². The zero-order valence-electron chi connectivity index (χ0n) is 8.64. The first-order valence-electron chi connectivity index (χ1n) is 4.49. The molecule has 1 atom stereocenters. The van der Waals surface area contributed by atoms with Gasteiger partial charge in [0.2, 0.25) is 0 Å². The minimum Gasteiger partial charge on any atom is -0.480 e. The van der Waals surface area contributed by atoms with E-state index in [1.807, 2.05) is 0 Å². The summed E-state index contributed by atoms with van der Waals surface area (Å²) in [7, 11) is 1.40. The molecule has 90 valence electrons. The number of carbonyl (C=O) groups is 1. The number of aliphatic carboxylic acids is 1. The van der Waals surface area contributed by atoms with Gasteiger partial charge in [0.15, 0.2) is 0 Å². The van der Waals surface area contributed by atoms with Gasteiger partial charge in [-0.05, 0) is 13.6 Å². The molecule has 0 heterocycles. The van der Waals surface area contributed by atoms with Crippen LogP contribution in [0.5, 0.6) is 0 Å². The molecule has 0 radical (unpaired) electrons. The first-order chi connectivity index (χ1) is 6.80. The minimum absolute atomic E-state index is 0.158. The molecule has 4 nitrogen and oxygen atoms in total. The summed E-state index contributed by atoms with van der Waals surface area (Å²) >= 11 is 0. The Morgan fingerprint density at radius 3 is 2.33 bits per heavy atom. The maximum atomic E-state index is 12.0. The molecule has 0 aliphatic heterocycles. The van der Waals surface area contributed by atoms with Crippen molar-refractivity contribution in [2.75, 3.05) is 26.7 Å². The SMILES string of the molecule is CCN(CC(NC)C(=O)O)CC(F)(F)F. The van der Waals surface area contributed by atoms with Crippen LogP contribution in [0.15, 0.2) is 0 Å². The fourth-order valence-electron chi connectivity index (χ4n) is 1.11. The molecule has 0 bridgehead atoms. The summed E-state index contributed by atoms with van der Waals surface area (Å²) in [5.74, 6) is -1.15. The van der Waals surface area contributed by atoms with Gasteiger partial charge in [-0.15, -0.1) is 0 Å². The highest BCUT2D eigenvalue weighted by Crippen LogP contribution is 2.16. The lowest BCUT2D eigenvalue weighted by Crippen LogP contribution is -2.47. The molecule has 0 aromatic rings. The lowest BCUT2D eigenvalue weighted by atomic mass is 10.2. The maximum Gasteiger partial charge on any atom is 0.401 e. The average molecular weight is 228 g/mol. The number of rotatable bonds is 6. The number of nitrogens with zero attached hydrogens (tertiary/aromatic N) is 1. The molecular formula is C8H15F3N2O2. The number of carboxylic acids is 1. The van der Waals surface area contributed by atoms with E-state index >= 15 is 0 Å². The van der Waals surface area contributed by atoms with Gasteiger partial charge >= 0.3 is 12.1 Å². The highest BCUT2D eigenvalue weighted by atomic mass is 19.4. The lowest BCUT2D eigenvalue weighted by molar-refractivity contribution is -0.151. The highest BCUT2D eigenvalue weighted by Gasteiger charge is 2.31. The first kappa shape index (κ1) is 14.2. The minimum atomic E-state index is -4.30. The molecule has 0 saturated heterocycles. The summed E-state index contributed by atoms with van der Waals surface area (Å²) in [6.45, 7) is 0.460. The van der Waals surface area contributed by atoms with Crippen molar-refractivity contribution in [3.05, 3.63) is 0 Å². The van der Waals surface area contributed by atoms with E-state index in [1.54, 1.807) is 6.92 Å². The van der Waals surface area contributed by atoms with Gasteiger partial charge in [-0.1, -0.05) is 6.92 Å². The number of alkyl halides is 3. The largest absolute Gasteiger partial charge is 0.480 e. The third-order valence-electron chi connectivity index (χ3n) is 1.94. The Balaban J connectivity index is 4.25. The number of hydrogen-bond acceptors (Lipinski definition) is 3. The van der Waals surface area contributed by atoms with E-state index in [0.29, 0.717) is 0 Å². The Kier molecular flexibility index (Phi) is 5.59. The van der Waals surface area contributed by atoms with Crippen LogP contribution < -0.4 is 5.32 Å². The zero-order valence-corrected chi connectivity index (χ0v) is 8.64. The number of nitrogens with one attached hydrogen (secondary N) is 1. The van der Waals surface area contributed by atoms with Gasteiger partial charge in [0.25, 0.3) is 0 Å². The molecule has 0 aromatic carbocycles. The normalized spacial score (nSPS) is 14.3. The van der Waals surface area contributed by atoms with E-state index in [4.69, 9.17) is 5.11 Å². The monoisotopic (exact) mass is 228 g/mol. The summed E-state index contributed by atoms with van der Waals surface area (Å²) in [4.78, 5) is 11.6. The molecule has 0 saturated carbocycles. The van der Waals surface area contributed by atoms with Gasteiger partial charge in [-0.2, -0.15) is 13.2 Å². The first-order valence-corrected chi connectivity index (χ1v) is 4.49. The fraction of sp³-hybridized carbons (Fsp3) is 0.875. The zero-order chi connectivity index (χ0) is 12.1. The van der Waals surface area contributed by atoms with E-state index in [-0.39, 0.29) is 13.1 Å².